The first-order chi connectivity index (χ1) is 8.97. The maximum Gasteiger partial charge on any atom is 0.225 e. The summed E-state index contributed by atoms with van der Waals surface area (Å²) in [5.74, 6) is 1.45. The third-order valence-electron chi connectivity index (χ3n) is 2.50. The molecule has 1 atom stereocenters. The number of nitrogens with zero attached hydrogens (tertiary/aromatic N) is 5. The van der Waals surface area contributed by atoms with Crippen LogP contribution in [0, 0.1) is 12.7 Å². The van der Waals surface area contributed by atoms with Gasteiger partial charge in [0, 0.05) is 14.1 Å². The second-order valence-electron chi connectivity index (χ2n) is 4.40. The molecule has 0 saturated carbocycles. The molecular weight excluding hydrogens is 249 g/mol. The van der Waals surface area contributed by atoms with Crippen molar-refractivity contribution in [3.8, 4) is 0 Å². The summed E-state index contributed by atoms with van der Waals surface area (Å²) in [6.45, 7) is 3.70. The Morgan fingerprint density at radius 1 is 1.37 bits per heavy atom. The molecule has 2 aromatic rings. The van der Waals surface area contributed by atoms with E-state index in [4.69, 9.17) is 0 Å². The maximum atomic E-state index is 13.5. The molecule has 0 amide bonds. The molecule has 0 aromatic carbocycles. The standard InChI is InChI=1S/C11H16FN7/c1-6(9-15-7(2)17-18-9)14-11-13-5-8(12)10(16-11)19(3)4/h5-6H,1-4H3,(H,13,14,16)(H,15,17,18). The van der Waals surface area contributed by atoms with Gasteiger partial charge in [-0.05, 0) is 13.8 Å². The van der Waals surface area contributed by atoms with Crippen LogP contribution in [0.5, 0.6) is 0 Å². The van der Waals surface area contributed by atoms with Gasteiger partial charge in [-0.15, -0.1) is 0 Å². The molecule has 1 unspecified atom stereocenters. The minimum atomic E-state index is -0.461. The van der Waals surface area contributed by atoms with Crippen LogP contribution in [-0.2, 0) is 0 Å². The van der Waals surface area contributed by atoms with E-state index in [1.165, 1.54) is 0 Å². The highest BCUT2D eigenvalue weighted by molar-refractivity contribution is 5.42. The second-order valence-corrected chi connectivity index (χ2v) is 4.40. The number of aryl methyl sites for hydroxylation is 1. The van der Waals surface area contributed by atoms with Crippen LogP contribution in [0.3, 0.4) is 0 Å². The van der Waals surface area contributed by atoms with E-state index in [-0.39, 0.29) is 11.9 Å². The van der Waals surface area contributed by atoms with Crippen molar-refractivity contribution in [2.24, 2.45) is 0 Å². The fourth-order valence-corrected chi connectivity index (χ4v) is 1.55. The van der Waals surface area contributed by atoms with Crippen LogP contribution in [0.15, 0.2) is 6.20 Å². The predicted molar refractivity (Wildman–Crippen MR) is 69.5 cm³/mol. The third kappa shape index (κ3) is 2.95. The van der Waals surface area contributed by atoms with Crippen molar-refractivity contribution in [2.75, 3.05) is 24.3 Å². The molecule has 19 heavy (non-hydrogen) atoms. The van der Waals surface area contributed by atoms with Crippen molar-refractivity contribution in [3.05, 3.63) is 23.7 Å². The summed E-state index contributed by atoms with van der Waals surface area (Å²) < 4.78 is 13.5. The van der Waals surface area contributed by atoms with Crippen LogP contribution in [0.1, 0.15) is 24.6 Å². The Bertz CT molecular complexity index is 566. The zero-order valence-corrected chi connectivity index (χ0v) is 11.3. The van der Waals surface area contributed by atoms with Crippen molar-refractivity contribution in [3.63, 3.8) is 0 Å². The zero-order valence-electron chi connectivity index (χ0n) is 11.3. The van der Waals surface area contributed by atoms with Gasteiger partial charge in [-0.1, -0.05) is 0 Å². The van der Waals surface area contributed by atoms with E-state index < -0.39 is 5.82 Å². The smallest absolute Gasteiger partial charge is 0.225 e. The number of anilines is 2. The normalized spacial score (nSPS) is 12.3. The molecule has 2 heterocycles. The Balaban J connectivity index is 2.17. The van der Waals surface area contributed by atoms with Crippen molar-refractivity contribution in [2.45, 2.75) is 19.9 Å². The molecule has 0 aliphatic carbocycles. The monoisotopic (exact) mass is 265 g/mol. The average molecular weight is 265 g/mol. The highest BCUT2D eigenvalue weighted by Crippen LogP contribution is 2.17. The lowest BCUT2D eigenvalue weighted by atomic mass is 10.3. The zero-order chi connectivity index (χ0) is 14.0. The summed E-state index contributed by atoms with van der Waals surface area (Å²) in [5, 5.41) is 9.85. The van der Waals surface area contributed by atoms with Crippen molar-refractivity contribution in [1.82, 2.24) is 25.1 Å². The van der Waals surface area contributed by atoms with Crippen LogP contribution in [0.4, 0.5) is 16.2 Å². The third-order valence-corrected chi connectivity index (χ3v) is 2.50. The highest BCUT2D eigenvalue weighted by Gasteiger charge is 2.14. The molecular formula is C11H16FN7. The van der Waals surface area contributed by atoms with Gasteiger partial charge in [0.2, 0.25) is 5.95 Å². The van der Waals surface area contributed by atoms with Gasteiger partial charge in [0.1, 0.15) is 5.82 Å². The fourth-order valence-electron chi connectivity index (χ4n) is 1.55. The van der Waals surface area contributed by atoms with Gasteiger partial charge >= 0.3 is 0 Å². The number of rotatable bonds is 4. The molecule has 0 aliphatic heterocycles. The Labute approximate surface area is 110 Å². The Hall–Kier alpha value is -2.25. The fraction of sp³-hybridized carbons (Fsp3) is 0.455. The highest BCUT2D eigenvalue weighted by atomic mass is 19.1. The summed E-state index contributed by atoms with van der Waals surface area (Å²) in [6.07, 6.45) is 1.14. The number of aromatic nitrogens is 5. The molecule has 7 nitrogen and oxygen atoms in total. The minimum Gasteiger partial charge on any atom is -0.360 e. The van der Waals surface area contributed by atoms with E-state index in [0.717, 1.165) is 12.0 Å². The van der Waals surface area contributed by atoms with Crippen LogP contribution < -0.4 is 10.2 Å². The van der Waals surface area contributed by atoms with Gasteiger partial charge in [-0.2, -0.15) is 10.1 Å². The van der Waals surface area contributed by atoms with Crippen LogP contribution in [-0.4, -0.2) is 39.2 Å². The van der Waals surface area contributed by atoms with Crippen LogP contribution in [0.2, 0.25) is 0 Å². The van der Waals surface area contributed by atoms with Gasteiger partial charge < -0.3 is 10.2 Å². The van der Waals surface area contributed by atoms with Crippen LogP contribution >= 0.6 is 0 Å². The summed E-state index contributed by atoms with van der Waals surface area (Å²) in [5.41, 5.74) is 0. The molecule has 0 radical (unpaired) electrons. The SMILES string of the molecule is Cc1nc(C(C)Nc2ncc(F)c(N(C)C)n2)n[nH]1. The summed E-state index contributed by atoms with van der Waals surface area (Å²) in [6, 6.07) is -0.176. The van der Waals surface area contributed by atoms with E-state index in [0.29, 0.717) is 11.8 Å². The number of nitrogens with one attached hydrogen (secondary N) is 2. The molecule has 102 valence electrons. The summed E-state index contributed by atoms with van der Waals surface area (Å²) in [4.78, 5) is 13.8. The van der Waals surface area contributed by atoms with E-state index in [1.54, 1.807) is 19.0 Å². The minimum absolute atomic E-state index is 0.176. The van der Waals surface area contributed by atoms with E-state index >= 15 is 0 Å². The molecule has 0 bridgehead atoms. The topological polar surface area (TPSA) is 82.6 Å². The molecule has 2 aromatic heterocycles. The van der Waals surface area contributed by atoms with Gasteiger partial charge in [0.15, 0.2) is 17.5 Å². The van der Waals surface area contributed by atoms with Gasteiger partial charge in [0.25, 0.3) is 0 Å². The first-order valence-corrected chi connectivity index (χ1v) is 5.82. The molecule has 0 spiro atoms. The van der Waals surface area contributed by atoms with Crippen molar-refractivity contribution >= 4 is 11.8 Å². The average Bonchev–Trinajstić information content (AvgIpc) is 2.78. The van der Waals surface area contributed by atoms with E-state index in [1.807, 2.05) is 13.8 Å². The molecule has 2 rings (SSSR count). The van der Waals surface area contributed by atoms with Gasteiger partial charge in [-0.3, -0.25) is 5.10 Å². The van der Waals surface area contributed by atoms with Crippen molar-refractivity contribution in [1.29, 1.82) is 0 Å². The Morgan fingerprint density at radius 3 is 2.68 bits per heavy atom. The number of H-pyrrole nitrogens is 1. The number of hydrogen-bond acceptors (Lipinski definition) is 6. The first-order valence-electron chi connectivity index (χ1n) is 5.82. The lowest BCUT2D eigenvalue weighted by Crippen LogP contribution is -2.16. The molecule has 0 saturated heterocycles. The molecule has 0 fully saturated rings. The molecule has 0 aliphatic rings. The molecule has 2 N–H and O–H groups in total. The summed E-state index contributed by atoms with van der Waals surface area (Å²) in [7, 11) is 3.44. The largest absolute Gasteiger partial charge is 0.360 e. The Kier molecular flexibility index (Phi) is 3.59. The number of aromatic amines is 1. The Morgan fingerprint density at radius 2 is 2.11 bits per heavy atom. The van der Waals surface area contributed by atoms with E-state index in [9.17, 15) is 4.39 Å². The quantitative estimate of drug-likeness (QED) is 0.866. The maximum absolute atomic E-state index is 13.5. The lowest BCUT2D eigenvalue weighted by molar-refractivity contribution is 0.611. The predicted octanol–water partition coefficient (Wildman–Crippen LogP) is 1.28. The van der Waals surface area contributed by atoms with Gasteiger partial charge in [-0.25, -0.2) is 14.4 Å². The first kappa shape index (κ1) is 13.2. The molecule has 8 heteroatoms. The van der Waals surface area contributed by atoms with Crippen LogP contribution in [0.25, 0.3) is 0 Å². The van der Waals surface area contributed by atoms with Gasteiger partial charge in [0.05, 0.1) is 12.2 Å². The van der Waals surface area contributed by atoms with E-state index in [2.05, 4.69) is 30.5 Å². The summed E-state index contributed by atoms with van der Waals surface area (Å²) >= 11 is 0. The number of hydrogen-bond donors (Lipinski definition) is 2. The number of halogens is 1. The second kappa shape index (κ2) is 5.17. The van der Waals surface area contributed by atoms with Crippen molar-refractivity contribution < 1.29 is 4.39 Å². The lowest BCUT2D eigenvalue weighted by Gasteiger charge is -2.15.